The minimum Gasteiger partial charge on any atom is -0.477 e. The monoisotopic (exact) mass is 645 g/mol. The van der Waals surface area contributed by atoms with Crippen LogP contribution in [0, 0.1) is 12.7 Å². The second-order valence-electron chi connectivity index (χ2n) is 11.3. The molecule has 0 saturated heterocycles. The number of carbonyl (C=O) groups excluding carboxylic acids is 2. The van der Waals surface area contributed by atoms with E-state index in [1.807, 2.05) is 33.8 Å². The lowest BCUT2D eigenvalue weighted by molar-refractivity contribution is -0.140. The van der Waals surface area contributed by atoms with Crippen LogP contribution in [0.1, 0.15) is 99.8 Å². The molecule has 0 unspecified atom stereocenters. The summed E-state index contributed by atoms with van der Waals surface area (Å²) in [7, 11) is 0. The second kappa shape index (κ2) is 13.6. The van der Waals surface area contributed by atoms with E-state index in [0.29, 0.717) is 18.4 Å². The van der Waals surface area contributed by atoms with Crippen LogP contribution >= 0.6 is 0 Å². The fourth-order valence-corrected chi connectivity index (χ4v) is 4.92. The van der Waals surface area contributed by atoms with Crippen molar-refractivity contribution >= 4 is 23.5 Å². The first-order valence-corrected chi connectivity index (χ1v) is 13.8. The third kappa shape index (κ3) is 7.86. The highest BCUT2D eigenvalue weighted by Crippen LogP contribution is 2.35. The van der Waals surface area contributed by atoms with Gasteiger partial charge in [-0.2, -0.15) is 18.3 Å². The summed E-state index contributed by atoms with van der Waals surface area (Å²) in [6, 6.07) is 8.77. The molecule has 14 heteroatoms. The molecular weight excluding hydrogens is 610 g/mol. The van der Waals surface area contributed by atoms with Gasteiger partial charge in [-0.15, -0.1) is 0 Å². The third-order valence-corrected chi connectivity index (χ3v) is 7.00. The molecule has 4 N–H and O–H groups in total. The molecule has 2 heterocycles. The molecule has 1 aliphatic rings. The summed E-state index contributed by atoms with van der Waals surface area (Å²) in [6.07, 6.45) is -1.83. The van der Waals surface area contributed by atoms with Crippen molar-refractivity contribution in [3.63, 3.8) is 0 Å². The summed E-state index contributed by atoms with van der Waals surface area (Å²) in [6.45, 7) is 7.32. The average molecular weight is 646 g/mol. The van der Waals surface area contributed by atoms with E-state index in [-0.39, 0.29) is 48.6 Å². The van der Waals surface area contributed by atoms with Crippen LogP contribution in [0.4, 0.5) is 17.6 Å². The van der Waals surface area contributed by atoms with Crippen molar-refractivity contribution < 1.29 is 41.8 Å². The fourth-order valence-electron chi connectivity index (χ4n) is 4.92. The number of rotatable bonds is 5. The molecule has 0 radical (unpaired) electrons. The van der Waals surface area contributed by atoms with Gasteiger partial charge in [0.25, 0.3) is 5.91 Å². The maximum Gasteiger partial charge on any atom is 0.419 e. The number of nitrogens with zero attached hydrogens (tertiary/aromatic N) is 3. The van der Waals surface area contributed by atoms with Gasteiger partial charge in [-0.05, 0) is 81.0 Å². The average Bonchev–Trinajstić information content (AvgIpc) is 3.59. The molecule has 0 aliphatic heterocycles. The summed E-state index contributed by atoms with van der Waals surface area (Å²) in [5.74, 6) is -3.32. The molecule has 5 rings (SSSR count). The lowest BCUT2D eigenvalue weighted by atomic mass is 9.97. The first-order valence-electron chi connectivity index (χ1n) is 13.8. The maximum absolute atomic E-state index is 13.0. The van der Waals surface area contributed by atoms with Crippen LogP contribution in [0.2, 0.25) is 0 Å². The van der Waals surface area contributed by atoms with Crippen molar-refractivity contribution in [3.05, 3.63) is 99.2 Å². The quantitative estimate of drug-likeness (QED) is 0.176. The van der Waals surface area contributed by atoms with Gasteiger partial charge in [-0.25, -0.2) is 23.5 Å². The van der Waals surface area contributed by atoms with Crippen LogP contribution in [-0.2, 0) is 23.9 Å². The Morgan fingerprint density at radius 3 is 2.41 bits per heavy atom. The number of aromatic nitrogens is 3. The number of carboxylic acid groups (broad SMARTS) is 1. The van der Waals surface area contributed by atoms with Gasteiger partial charge in [-0.3, -0.25) is 4.79 Å². The minimum absolute atomic E-state index is 0. The van der Waals surface area contributed by atoms with E-state index in [4.69, 9.17) is 10.5 Å². The van der Waals surface area contributed by atoms with Crippen LogP contribution in [-0.4, -0.2) is 43.2 Å². The van der Waals surface area contributed by atoms with Crippen molar-refractivity contribution in [1.82, 2.24) is 19.9 Å². The topological polar surface area (TPSA) is 149 Å². The zero-order valence-electron chi connectivity index (χ0n) is 24.8. The Morgan fingerprint density at radius 2 is 1.80 bits per heavy atom. The number of fused-ring (bicyclic) bond motifs is 2. The van der Waals surface area contributed by atoms with E-state index in [9.17, 15) is 37.1 Å². The minimum atomic E-state index is -4.66. The van der Waals surface area contributed by atoms with Gasteiger partial charge in [0.2, 0.25) is 0 Å². The predicted molar refractivity (Wildman–Crippen MR) is 161 cm³/mol. The molecule has 2 aromatic heterocycles. The number of alkyl halides is 3. The normalized spacial score (nSPS) is 14.1. The molecule has 10 nitrogen and oxygen atoms in total. The number of hydrogen-bond donors (Lipinski definition) is 3. The number of amides is 1. The number of halogens is 4. The Balaban J connectivity index is 0.000000347. The zero-order valence-corrected chi connectivity index (χ0v) is 24.8. The van der Waals surface area contributed by atoms with Crippen LogP contribution in [0.25, 0.3) is 5.65 Å². The Labute approximate surface area is 262 Å². The predicted octanol–water partition coefficient (Wildman–Crippen LogP) is 6.05. The van der Waals surface area contributed by atoms with Crippen molar-refractivity contribution in [2.45, 2.75) is 72.3 Å². The van der Waals surface area contributed by atoms with Crippen LogP contribution < -0.4 is 11.1 Å². The number of nitrogens with one attached hydrogen (secondary N) is 1. The first-order chi connectivity index (χ1) is 21.0. The molecule has 246 valence electrons. The number of benzene rings is 2. The standard InChI is InChI=1S/C23H24N4O5.C8H7F4N.CH4/c1-12-13-7-8-16(15(13)6-5-14(12)22(31)32-23(2,3)4)26-20(28)18-11-17(21(29)30)25-19-9-10-24-27(18)19;9-7-2-1-5(4-13)3-6(7)8(10,11)12;/h5-6,9-11,16H,7-8H2,1-4H3,(H,26,28)(H,29,30);1-3H,4,13H2;1H4/t16-;;/m0../s1. The van der Waals surface area contributed by atoms with Gasteiger partial charge in [0.05, 0.1) is 23.4 Å². The highest BCUT2D eigenvalue weighted by atomic mass is 19.4. The highest BCUT2D eigenvalue weighted by molar-refractivity contribution is 5.96. The van der Waals surface area contributed by atoms with Gasteiger partial charge in [0.15, 0.2) is 11.3 Å². The van der Waals surface area contributed by atoms with Crippen molar-refractivity contribution in [3.8, 4) is 0 Å². The lowest BCUT2D eigenvalue weighted by Gasteiger charge is -2.21. The van der Waals surface area contributed by atoms with Crippen molar-refractivity contribution in [1.29, 1.82) is 0 Å². The lowest BCUT2D eigenvalue weighted by Crippen LogP contribution is -2.29. The van der Waals surface area contributed by atoms with Gasteiger partial charge < -0.3 is 20.9 Å². The van der Waals surface area contributed by atoms with E-state index in [2.05, 4.69) is 15.4 Å². The van der Waals surface area contributed by atoms with Gasteiger partial charge in [-0.1, -0.05) is 19.6 Å². The molecule has 2 aromatic carbocycles. The van der Waals surface area contributed by atoms with E-state index in [0.717, 1.165) is 28.8 Å². The zero-order chi connectivity index (χ0) is 33.3. The highest BCUT2D eigenvalue weighted by Gasteiger charge is 2.34. The molecule has 1 atom stereocenters. The van der Waals surface area contributed by atoms with E-state index >= 15 is 0 Å². The van der Waals surface area contributed by atoms with Crippen LogP contribution in [0.5, 0.6) is 0 Å². The summed E-state index contributed by atoms with van der Waals surface area (Å²) in [5.41, 5.74) is 6.98. The Bertz CT molecular complexity index is 1780. The molecule has 0 bridgehead atoms. The van der Waals surface area contributed by atoms with Gasteiger partial charge >= 0.3 is 18.1 Å². The maximum atomic E-state index is 13.0. The third-order valence-electron chi connectivity index (χ3n) is 7.00. The summed E-state index contributed by atoms with van der Waals surface area (Å²) < 4.78 is 55.7. The number of aromatic carboxylic acids is 1. The Hall–Kier alpha value is -4.85. The van der Waals surface area contributed by atoms with Crippen LogP contribution in [0.3, 0.4) is 0 Å². The molecule has 0 fully saturated rings. The molecule has 1 amide bonds. The Morgan fingerprint density at radius 1 is 1.11 bits per heavy atom. The fraction of sp³-hybridized carbons (Fsp3) is 0.344. The SMILES string of the molecule is C.Cc1c(C(=O)OC(C)(C)C)ccc2c1CC[C@@H]2NC(=O)c1cc(C(=O)O)nc2ccnn12.NCc1ccc(F)c(C(F)(F)F)c1. The largest absolute Gasteiger partial charge is 0.477 e. The van der Waals surface area contributed by atoms with Gasteiger partial charge in [0.1, 0.15) is 17.1 Å². The number of carbonyl (C=O) groups is 3. The van der Waals surface area contributed by atoms with Crippen molar-refractivity contribution in [2.75, 3.05) is 0 Å². The molecule has 1 aliphatic carbocycles. The second-order valence-corrected chi connectivity index (χ2v) is 11.3. The van der Waals surface area contributed by atoms with E-state index < -0.39 is 35.0 Å². The summed E-state index contributed by atoms with van der Waals surface area (Å²) in [4.78, 5) is 41.0. The summed E-state index contributed by atoms with van der Waals surface area (Å²) in [5, 5.41) is 16.4. The number of ether oxygens (including phenoxy) is 1. The van der Waals surface area contributed by atoms with Crippen LogP contribution in [0.15, 0.2) is 48.7 Å². The molecule has 0 saturated carbocycles. The molecular formula is C32H35F4N5O5. The van der Waals surface area contributed by atoms with E-state index in [1.54, 1.807) is 6.07 Å². The Kier molecular flexibility index (Phi) is 10.6. The number of nitrogens with two attached hydrogens (primary N) is 1. The molecule has 46 heavy (non-hydrogen) atoms. The first kappa shape index (κ1) is 35.6. The molecule has 0 spiro atoms. The number of carboxylic acids is 1. The summed E-state index contributed by atoms with van der Waals surface area (Å²) >= 11 is 0. The smallest absolute Gasteiger partial charge is 0.419 e. The van der Waals surface area contributed by atoms with E-state index in [1.165, 1.54) is 28.9 Å². The van der Waals surface area contributed by atoms with Crippen molar-refractivity contribution in [2.24, 2.45) is 5.73 Å². The molecule has 4 aromatic rings. The number of esters is 1. The van der Waals surface area contributed by atoms with Gasteiger partial charge in [0, 0.05) is 18.7 Å². The number of hydrogen-bond acceptors (Lipinski definition) is 7.